The summed E-state index contributed by atoms with van der Waals surface area (Å²) >= 11 is 0. The molecule has 0 N–H and O–H groups in total. The summed E-state index contributed by atoms with van der Waals surface area (Å²) in [5, 5.41) is 0. The van der Waals surface area contributed by atoms with Crippen LogP contribution >= 0.6 is 0 Å². The van der Waals surface area contributed by atoms with Gasteiger partial charge in [-0.25, -0.2) is 9.78 Å². The molecule has 6 nitrogen and oxygen atoms in total. The molecule has 0 aliphatic heterocycles. The fourth-order valence-corrected chi connectivity index (χ4v) is 2.12. The quantitative estimate of drug-likeness (QED) is 0.708. The number of carbonyl (C=O) groups excluding carboxylic acids is 2. The minimum absolute atomic E-state index is 0.228. The maximum absolute atomic E-state index is 11.6. The number of methoxy groups -OCH3 is 1. The van der Waals surface area contributed by atoms with E-state index >= 15 is 0 Å². The molecule has 1 heterocycles. The third-order valence-corrected chi connectivity index (χ3v) is 3.27. The van der Waals surface area contributed by atoms with Crippen molar-refractivity contribution in [2.45, 2.75) is 32.4 Å². The Balaban J connectivity index is 2.03. The summed E-state index contributed by atoms with van der Waals surface area (Å²) in [7, 11) is 1.33. The summed E-state index contributed by atoms with van der Waals surface area (Å²) in [6, 6.07) is 5.62. The molecule has 1 aliphatic carbocycles. The highest BCUT2D eigenvalue weighted by Crippen LogP contribution is 2.27. The van der Waals surface area contributed by atoms with Crippen LogP contribution in [0.15, 0.2) is 18.2 Å². The van der Waals surface area contributed by atoms with Crippen LogP contribution in [0.3, 0.4) is 0 Å². The van der Waals surface area contributed by atoms with Gasteiger partial charge in [0.1, 0.15) is 5.69 Å². The zero-order valence-electron chi connectivity index (χ0n) is 12.4. The van der Waals surface area contributed by atoms with Crippen LogP contribution in [0.5, 0.6) is 0 Å². The van der Waals surface area contributed by atoms with Gasteiger partial charge in [-0.05, 0) is 31.9 Å². The lowest BCUT2D eigenvalue weighted by Crippen LogP contribution is -2.33. The van der Waals surface area contributed by atoms with Gasteiger partial charge in [-0.3, -0.25) is 9.69 Å². The maximum Gasteiger partial charge on any atom is 0.356 e. The minimum atomic E-state index is -0.458. The van der Waals surface area contributed by atoms with Crippen LogP contribution in [-0.4, -0.2) is 48.1 Å². The molecule has 0 aromatic carbocycles. The van der Waals surface area contributed by atoms with E-state index in [1.165, 1.54) is 7.11 Å². The molecule has 0 atom stereocenters. The smallest absolute Gasteiger partial charge is 0.356 e. The van der Waals surface area contributed by atoms with Crippen molar-refractivity contribution < 1.29 is 19.1 Å². The fraction of sp³-hybridized carbons (Fsp3) is 0.533. The van der Waals surface area contributed by atoms with Crippen molar-refractivity contribution in [3.8, 4) is 0 Å². The zero-order valence-corrected chi connectivity index (χ0v) is 12.4. The molecule has 1 aromatic rings. The predicted molar refractivity (Wildman–Crippen MR) is 75.6 cm³/mol. The normalized spacial score (nSPS) is 14.0. The summed E-state index contributed by atoms with van der Waals surface area (Å²) < 4.78 is 9.66. The van der Waals surface area contributed by atoms with E-state index in [0.717, 1.165) is 18.5 Å². The molecule has 21 heavy (non-hydrogen) atoms. The molecule has 1 aromatic heterocycles. The van der Waals surface area contributed by atoms with Crippen molar-refractivity contribution in [1.29, 1.82) is 0 Å². The molecule has 0 bridgehead atoms. The van der Waals surface area contributed by atoms with Crippen LogP contribution in [-0.2, 0) is 20.8 Å². The second kappa shape index (κ2) is 7.17. The number of nitrogens with zero attached hydrogens (tertiary/aromatic N) is 2. The summed E-state index contributed by atoms with van der Waals surface area (Å²) in [4.78, 5) is 29.4. The summed E-state index contributed by atoms with van der Waals surface area (Å²) in [5.41, 5.74) is 1.02. The van der Waals surface area contributed by atoms with Gasteiger partial charge in [0.2, 0.25) is 0 Å². The molecule has 0 saturated heterocycles. The number of aromatic nitrogens is 1. The molecule has 0 spiro atoms. The lowest BCUT2D eigenvalue weighted by molar-refractivity contribution is -0.144. The highest BCUT2D eigenvalue weighted by atomic mass is 16.5. The lowest BCUT2D eigenvalue weighted by atomic mass is 10.2. The number of hydrogen-bond donors (Lipinski definition) is 0. The number of pyridine rings is 1. The minimum Gasteiger partial charge on any atom is -0.465 e. The predicted octanol–water partition coefficient (Wildman–Crippen LogP) is 1.40. The average Bonchev–Trinajstić information content (AvgIpc) is 3.31. The summed E-state index contributed by atoms with van der Waals surface area (Å²) in [5.74, 6) is -0.686. The van der Waals surface area contributed by atoms with Gasteiger partial charge in [-0.1, -0.05) is 6.07 Å². The third kappa shape index (κ3) is 4.53. The van der Waals surface area contributed by atoms with E-state index in [1.54, 1.807) is 19.1 Å². The van der Waals surface area contributed by atoms with Crippen LogP contribution in [0.4, 0.5) is 0 Å². The van der Waals surface area contributed by atoms with Gasteiger partial charge in [0, 0.05) is 12.6 Å². The number of carbonyl (C=O) groups is 2. The molecule has 0 amide bonds. The molecule has 1 saturated carbocycles. The van der Waals surface area contributed by atoms with E-state index in [2.05, 4.69) is 9.72 Å². The van der Waals surface area contributed by atoms with Crippen LogP contribution in [0.25, 0.3) is 0 Å². The molecule has 2 rings (SSSR count). The Kier molecular flexibility index (Phi) is 5.27. The largest absolute Gasteiger partial charge is 0.465 e. The van der Waals surface area contributed by atoms with E-state index in [-0.39, 0.29) is 18.2 Å². The Labute approximate surface area is 124 Å². The molecule has 1 fully saturated rings. The highest BCUT2D eigenvalue weighted by molar-refractivity contribution is 5.87. The second-order valence-electron chi connectivity index (χ2n) is 4.95. The third-order valence-electron chi connectivity index (χ3n) is 3.27. The molecule has 1 aliphatic rings. The first-order valence-corrected chi connectivity index (χ1v) is 7.08. The van der Waals surface area contributed by atoms with Crippen molar-refractivity contribution >= 4 is 11.9 Å². The van der Waals surface area contributed by atoms with Crippen LogP contribution in [0.2, 0.25) is 0 Å². The van der Waals surface area contributed by atoms with Crippen molar-refractivity contribution in [1.82, 2.24) is 9.88 Å². The van der Waals surface area contributed by atoms with E-state index in [1.807, 2.05) is 11.0 Å². The van der Waals surface area contributed by atoms with Crippen molar-refractivity contribution in [3.63, 3.8) is 0 Å². The Hall–Kier alpha value is -1.95. The standard InChI is InChI=1S/C15H20N2O4/c1-3-21-14(18)10-17(12-7-8-12)9-11-5-4-6-13(16-11)15(19)20-2/h4-6,12H,3,7-10H2,1-2H3. The van der Waals surface area contributed by atoms with Crippen molar-refractivity contribution in [3.05, 3.63) is 29.6 Å². The van der Waals surface area contributed by atoms with E-state index in [0.29, 0.717) is 19.2 Å². The molecule has 114 valence electrons. The second-order valence-corrected chi connectivity index (χ2v) is 4.95. The maximum atomic E-state index is 11.6. The van der Waals surface area contributed by atoms with E-state index in [9.17, 15) is 9.59 Å². The Morgan fingerprint density at radius 1 is 1.38 bits per heavy atom. The first-order chi connectivity index (χ1) is 10.1. The Morgan fingerprint density at radius 2 is 2.14 bits per heavy atom. The SMILES string of the molecule is CCOC(=O)CN(Cc1cccc(C(=O)OC)n1)C1CC1. The van der Waals surface area contributed by atoms with Crippen LogP contribution in [0.1, 0.15) is 35.9 Å². The topological polar surface area (TPSA) is 68.7 Å². The molecule has 0 unspecified atom stereocenters. The van der Waals surface area contributed by atoms with Crippen LogP contribution < -0.4 is 0 Å². The highest BCUT2D eigenvalue weighted by Gasteiger charge is 2.31. The Morgan fingerprint density at radius 3 is 2.76 bits per heavy atom. The van der Waals surface area contributed by atoms with Gasteiger partial charge >= 0.3 is 11.9 Å². The summed E-state index contributed by atoms with van der Waals surface area (Å²) in [6.45, 7) is 2.95. The van der Waals surface area contributed by atoms with Gasteiger partial charge < -0.3 is 9.47 Å². The molecular formula is C15H20N2O4. The van der Waals surface area contributed by atoms with E-state index < -0.39 is 5.97 Å². The first kappa shape index (κ1) is 15.4. The summed E-state index contributed by atoms with van der Waals surface area (Å²) in [6.07, 6.45) is 2.16. The average molecular weight is 292 g/mol. The number of ether oxygens (including phenoxy) is 2. The molecule has 0 radical (unpaired) electrons. The molecule has 6 heteroatoms. The number of esters is 2. The van der Waals surface area contributed by atoms with Gasteiger partial charge in [-0.2, -0.15) is 0 Å². The fourth-order valence-electron chi connectivity index (χ4n) is 2.12. The van der Waals surface area contributed by atoms with Crippen LogP contribution in [0, 0.1) is 0 Å². The van der Waals surface area contributed by atoms with Crippen molar-refractivity contribution in [2.24, 2.45) is 0 Å². The van der Waals surface area contributed by atoms with Gasteiger partial charge in [0.15, 0.2) is 0 Å². The van der Waals surface area contributed by atoms with Gasteiger partial charge in [-0.15, -0.1) is 0 Å². The van der Waals surface area contributed by atoms with E-state index in [4.69, 9.17) is 4.74 Å². The molecular weight excluding hydrogens is 272 g/mol. The Bertz CT molecular complexity index is 514. The number of hydrogen-bond acceptors (Lipinski definition) is 6. The lowest BCUT2D eigenvalue weighted by Gasteiger charge is -2.20. The van der Waals surface area contributed by atoms with Gasteiger partial charge in [0.25, 0.3) is 0 Å². The first-order valence-electron chi connectivity index (χ1n) is 7.08. The number of rotatable bonds is 7. The van der Waals surface area contributed by atoms with Gasteiger partial charge in [0.05, 0.1) is 26.0 Å². The van der Waals surface area contributed by atoms with Crippen molar-refractivity contribution in [2.75, 3.05) is 20.3 Å². The monoisotopic (exact) mass is 292 g/mol. The zero-order chi connectivity index (χ0) is 15.2.